The second kappa shape index (κ2) is 9.34. The van der Waals surface area contributed by atoms with Gasteiger partial charge in [-0.2, -0.15) is 0 Å². The number of hydrogen-bond acceptors (Lipinski definition) is 4. The summed E-state index contributed by atoms with van der Waals surface area (Å²) >= 11 is 0. The maximum absolute atomic E-state index is 12.1. The van der Waals surface area contributed by atoms with Crippen molar-refractivity contribution in [2.75, 3.05) is 32.8 Å². The predicted octanol–water partition coefficient (Wildman–Crippen LogP) is 2.04. The molecule has 0 bridgehead atoms. The quantitative estimate of drug-likeness (QED) is 0.609. The van der Waals surface area contributed by atoms with Crippen LogP contribution in [0.4, 0.5) is 0 Å². The lowest BCUT2D eigenvalue weighted by Gasteiger charge is -2.34. The van der Waals surface area contributed by atoms with Gasteiger partial charge in [-0.1, -0.05) is 20.8 Å². The van der Waals surface area contributed by atoms with Gasteiger partial charge in [-0.3, -0.25) is 4.79 Å². The zero-order valence-corrected chi connectivity index (χ0v) is 12.7. The molecule has 0 fully saturated rings. The van der Waals surface area contributed by atoms with Gasteiger partial charge in [0.25, 0.3) is 0 Å². The largest absolute Gasteiger partial charge is 0.465 e. The molecule has 108 valence electrons. The van der Waals surface area contributed by atoms with Crippen LogP contribution in [0.25, 0.3) is 0 Å². The van der Waals surface area contributed by atoms with Gasteiger partial charge in [-0.15, -0.1) is 0 Å². The number of likely N-dealkylation sites (N-methyl/N-ethyl adjacent to an activating group) is 1. The average Bonchev–Trinajstić information content (AvgIpc) is 2.36. The third-order valence-corrected chi connectivity index (χ3v) is 3.02. The van der Waals surface area contributed by atoms with Crippen LogP contribution >= 0.6 is 0 Å². The van der Waals surface area contributed by atoms with Crippen LogP contribution in [0.3, 0.4) is 0 Å². The molecule has 0 radical (unpaired) electrons. The molecule has 0 aromatic rings. The summed E-state index contributed by atoms with van der Waals surface area (Å²) in [5.74, 6) is -0.145. The summed E-state index contributed by atoms with van der Waals surface area (Å²) in [6.07, 6.45) is 2.11. The van der Waals surface area contributed by atoms with Gasteiger partial charge in [0.2, 0.25) is 0 Å². The molecule has 0 aromatic carbocycles. The molecule has 18 heavy (non-hydrogen) atoms. The van der Waals surface area contributed by atoms with E-state index in [9.17, 15) is 4.79 Å². The molecule has 4 heteroatoms. The highest BCUT2D eigenvalue weighted by Gasteiger charge is 2.35. The first kappa shape index (κ1) is 17.4. The zero-order chi connectivity index (χ0) is 14.0. The Hall–Kier alpha value is -0.610. The second-order valence-electron chi connectivity index (χ2n) is 4.85. The minimum absolute atomic E-state index is 0.145. The molecular weight excluding hydrogens is 228 g/mol. The van der Waals surface area contributed by atoms with Crippen LogP contribution in [0.15, 0.2) is 0 Å². The topological polar surface area (TPSA) is 41.6 Å². The molecule has 0 aliphatic heterocycles. The summed E-state index contributed by atoms with van der Waals surface area (Å²) in [7, 11) is 0. The SMILES string of the molecule is CCCNC(C)(CN(CC)CCC)C(=O)OCC. The standard InChI is InChI=1S/C14H30N2O2/c1-6-10-15-14(5,13(17)18-9-4)12-16(8-3)11-7-2/h15H,6-12H2,1-5H3. The molecule has 0 saturated carbocycles. The van der Waals surface area contributed by atoms with Crippen LogP contribution in [0.2, 0.25) is 0 Å². The monoisotopic (exact) mass is 258 g/mol. The summed E-state index contributed by atoms with van der Waals surface area (Å²) in [5.41, 5.74) is -0.600. The highest BCUT2D eigenvalue weighted by Crippen LogP contribution is 2.10. The van der Waals surface area contributed by atoms with E-state index in [1.54, 1.807) is 0 Å². The number of ether oxygens (including phenoxy) is 1. The molecule has 0 spiro atoms. The maximum Gasteiger partial charge on any atom is 0.327 e. The zero-order valence-electron chi connectivity index (χ0n) is 12.7. The van der Waals surface area contributed by atoms with Crippen molar-refractivity contribution in [3.8, 4) is 0 Å². The lowest BCUT2D eigenvalue weighted by molar-refractivity contribution is -0.151. The third-order valence-electron chi connectivity index (χ3n) is 3.02. The fourth-order valence-electron chi connectivity index (χ4n) is 2.00. The number of nitrogens with zero attached hydrogens (tertiary/aromatic N) is 1. The van der Waals surface area contributed by atoms with Gasteiger partial charge in [0.15, 0.2) is 0 Å². The Labute approximate surface area is 112 Å². The van der Waals surface area contributed by atoms with Crippen LogP contribution in [0.5, 0.6) is 0 Å². The van der Waals surface area contributed by atoms with Crippen molar-refractivity contribution in [2.45, 2.75) is 53.0 Å². The number of nitrogens with one attached hydrogen (secondary N) is 1. The number of carbonyl (C=O) groups is 1. The van der Waals surface area contributed by atoms with Gasteiger partial charge < -0.3 is 15.0 Å². The average molecular weight is 258 g/mol. The molecule has 0 saturated heterocycles. The van der Waals surface area contributed by atoms with Crippen LogP contribution in [0, 0.1) is 0 Å². The summed E-state index contributed by atoms with van der Waals surface area (Å²) in [6, 6.07) is 0. The van der Waals surface area contributed by atoms with Crippen molar-refractivity contribution in [1.29, 1.82) is 0 Å². The molecule has 0 rings (SSSR count). The highest BCUT2D eigenvalue weighted by atomic mass is 16.5. The van der Waals surface area contributed by atoms with E-state index in [0.29, 0.717) is 13.2 Å². The normalized spacial score (nSPS) is 14.6. The van der Waals surface area contributed by atoms with E-state index in [1.807, 2.05) is 13.8 Å². The van der Waals surface area contributed by atoms with Crippen LogP contribution < -0.4 is 5.32 Å². The van der Waals surface area contributed by atoms with Crippen molar-refractivity contribution in [2.24, 2.45) is 0 Å². The van der Waals surface area contributed by atoms with Crippen molar-refractivity contribution in [3.05, 3.63) is 0 Å². The van der Waals surface area contributed by atoms with Gasteiger partial charge >= 0.3 is 5.97 Å². The lowest BCUT2D eigenvalue weighted by Crippen LogP contribution is -2.57. The van der Waals surface area contributed by atoms with E-state index in [4.69, 9.17) is 4.74 Å². The summed E-state index contributed by atoms with van der Waals surface area (Å²) in [4.78, 5) is 14.4. The minimum Gasteiger partial charge on any atom is -0.465 e. The maximum atomic E-state index is 12.1. The molecule has 0 aromatic heterocycles. The Balaban J connectivity index is 4.67. The second-order valence-corrected chi connectivity index (χ2v) is 4.85. The van der Waals surface area contributed by atoms with Gasteiger partial charge in [0, 0.05) is 6.54 Å². The van der Waals surface area contributed by atoms with Crippen molar-refractivity contribution >= 4 is 5.97 Å². The molecule has 1 unspecified atom stereocenters. The summed E-state index contributed by atoms with van der Waals surface area (Å²) in [5, 5.41) is 3.34. The smallest absolute Gasteiger partial charge is 0.327 e. The van der Waals surface area contributed by atoms with E-state index < -0.39 is 5.54 Å². The van der Waals surface area contributed by atoms with E-state index in [0.717, 1.165) is 32.5 Å². The van der Waals surface area contributed by atoms with E-state index in [1.165, 1.54) is 0 Å². The van der Waals surface area contributed by atoms with Gasteiger partial charge in [-0.05, 0) is 46.3 Å². The molecule has 0 aliphatic rings. The molecule has 0 heterocycles. The number of hydrogen-bond donors (Lipinski definition) is 1. The molecule has 1 N–H and O–H groups in total. The molecule has 0 aliphatic carbocycles. The Kier molecular flexibility index (Phi) is 9.02. The number of rotatable bonds is 10. The first-order valence-electron chi connectivity index (χ1n) is 7.18. The van der Waals surface area contributed by atoms with E-state index in [-0.39, 0.29) is 5.97 Å². The van der Waals surface area contributed by atoms with Crippen molar-refractivity contribution in [1.82, 2.24) is 10.2 Å². The third kappa shape index (κ3) is 5.83. The Morgan fingerprint density at radius 1 is 1.22 bits per heavy atom. The Bertz CT molecular complexity index is 234. The molecule has 1 atom stereocenters. The fourth-order valence-corrected chi connectivity index (χ4v) is 2.00. The fraction of sp³-hybridized carbons (Fsp3) is 0.929. The van der Waals surface area contributed by atoms with Crippen molar-refractivity contribution < 1.29 is 9.53 Å². The van der Waals surface area contributed by atoms with Crippen molar-refractivity contribution in [3.63, 3.8) is 0 Å². The first-order valence-corrected chi connectivity index (χ1v) is 7.18. The van der Waals surface area contributed by atoms with E-state index >= 15 is 0 Å². The number of carbonyl (C=O) groups excluding carboxylic acids is 1. The molecule has 0 amide bonds. The Morgan fingerprint density at radius 2 is 1.89 bits per heavy atom. The van der Waals surface area contributed by atoms with Crippen LogP contribution in [-0.4, -0.2) is 49.2 Å². The molecule has 4 nitrogen and oxygen atoms in total. The van der Waals surface area contributed by atoms with Gasteiger partial charge in [0.1, 0.15) is 5.54 Å². The Morgan fingerprint density at radius 3 is 2.33 bits per heavy atom. The highest BCUT2D eigenvalue weighted by molar-refractivity contribution is 5.80. The summed E-state index contributed by atoms with van der Waals surface area (Å²) < 4.78 is 5.20. The summed E-state index contributed by atoms with van der Waals surface area (Å²) in [6.45, 7) is 14.1. The number of esters is 1. The van der Waals surface area contributed by atoms with Crippen LogP contribution in [-0.2, 0) is 9.53 Å². The molecular formula is C14H30N2O2. The van der Waals surface area contributed by atoms with Gasteiger partial charge in [-0.25, -0.2) is 0 Å². The first-order chi connectivity index (χ1) is 8.53. The minimum atomic E-state index is -0.600. The van der Waals surface area contributed by atoms with E-state index in [2.05, 4.69) is 31.0 Å². The predicted molar refractivity (Wildman–Crippen MR) is 75.7 cm³/mol. The van der Waals surface area contributed by atoms with Gasteiger partial charge in [0.05, 0.1) is 6.61 Å². The van der Waals surface area contributed by atoms with Crippen LogP contribution in [0.1, 0.15) is 47.5 Å². The lowest BCUT2D eigenvalue weighted by atomic mass is 10.0.